The molecule has 26 heavy (non-hydrogen) atoms. The molecular formula is C22H28N2O2. The third kappa shape index (κ3) is 5.88. The zero-order chi connectivity index (χ0) is 18.2. The number of likely N-dealkylation sites (tertiary alicyclic amines) is 1. The van der Waals surface area contributed by atoms with Gasteiger partial charge in [0.05, 0.1) is 13.2 Å². The van der Waals surface area contributed by atoms with Crippen molar-refractivity contribution in [2.75, 3.05) is 26.2 Å². The molecule has 3 rings (SSSR count). The molecule has 1 aliphatic rings. The summed E-state index contributed by atoms with van der Waals surface area (Å²) in [6.07, 6.45) is 2.28. The van der Waals surface area contributed by atoms with E-state index in [0.717, 1.165) is 37.2 Å². The topological polar surface area (TPSA) is 41.6 Å². The minimum Gasteiger partial charge on any atom is -0.493 e. The molecule has 1 atom stereocenters. The van der Waals surface area contributed by atoms with Crippen LogP contribution in [0.15, 0.2) is 54.6 Å². The normalized spacial score (nSPS) is 17.7. The van der Waals surface area contributed by atoms with Crippen LogP contribution in [0, 0.1) is 12.8 Å². The molecule has 0 spiro atoms. The van der Waals surface area contributed by atoms with Crippen LogP contribution in [0.1, 0.15) is 24.0 Å². The molecule has 2 aromatic rings. The molecule has 1 fully saturated rings. The Balaban J connectivity index is 1.39. The Kier molecular flexibility index (Phi) is 6.67. The summed E-state index contributed by atoms with van der Waals surface area (Å²) in [4.78, 5) is 14.5. The Bertz CT molecular complexity index is 685. The first kappa shape index (κ1) is 18.5. The lowest BCUT2D eigenvalue weighted by molar-refractivity contribution is -0.122. The molecule has 1 heterocycles. The standard InChI is InChI=1S/C22H28N2O2/c1-18-9-11-19(12-10-18)14-23-22(25)16-24-13-5-6-20(15-24)17-26-21-7-3-2-4-8-21/h2-4,7-12,20H,5-6,13-17H2,1H3,(H,23,25). The van der Waals surface area contributed by atoms with Crippen molar-refractivity contribution in [3.05, 3.63) is 65.7 Å². The summed E-state index contributed by atoms with van der Waals surface area (Å²) >= 11 is 0. The highest BCUT2D eigenvalue weighted by molar-refractivity contribution is 5.78. The van der Waals surface area contributed by atoms with E-state index in [1.165, 1.54) is 5.56 Å². The third-order valence-corrected chi connectivity index (χ3v) is 4.81. The van der Waals surface area contributed by atoms with Gasteiger partial charge in [-0.3, -0.25) is 9.69 Å². The Morgan fingerprint density at radius 1 is 1.15 bits per heavy atom. The van der Waals surface area contributed by atoms with Crippen LogP contribution in [-0.2, 0) is 11.3 Å². The van der Waals surface area contributed by atoms with Crippen LogP contribution in [0.3, 0.4) is 0 Å². The Morgan fingerprint density at radius 3 is 2.69 bits per heavy atom. The van der Waals surface area contributed by atoms with Gasteiger partial charge < -0.3 is 10.1 Å². The van der Waals surface area contributed by atoms with E-state index in [0.29, 0.717) is 25.6 Å². The van der Waals surface area contributed by atoms with E-state index >= 15 is 0 Å². The first-order valence-corrected chi connectivity index (χ1v) is 9.41. The van der Waals surface area contributed by atoms with E-state index < -0.39 is 0 Å². The Labute approximate surface area is 156 Å². The van der Waals surface area contributed by atoms with Crippen molar-refractivity contribution < 1.29 is 9.53 Å². The van der Waals surface area contributed by atoms with Gasteiger partial charge in [0, 0.05) is 19.0 Å². The molecular weight excluding hydrogens is 324 g/mol. The number of aryl methyl sites for hydroxylation is 1. The first-order chi connectivity index (χ1) is 12.7. The summed E-state index contributed by atoms with van der Waals surface area (Å²) in [5, 5.41) is 3.03. The van der Waals surface area contributed by atoms with Crippen LogP contribution in [-0.4, -0.2) is 37.0 Å². The zero-order valence-corrected chi connectivity index (χ0v) is 15.5. The van der Waals surface area contributed by atoms with Gasteiger partial charge in [-0.1, -0.05) is 48.0 Å². The molecule has 2 aromatic carbocycles. The van der Waals surface area contributed by atoms with Gasteiger partial charge >= 0.3 is 0 Å². The summed E-state index contributed by atoms with van der Waals surface area (Å²) in [5.74, 6) is 1.49. The number of nitrogens with one attached hydrogen (secondary N) is 1. The Morgan fingerprint density at radius 2 is 1.92 bits per heavy atom. The van der Waals surface area contributed by atoms with Gasteiger partial charge in [0.1, 0.15) is 5.75 Å². The lowest BCUT2D eigenvalue weighted by Gasteiger charge is -2.32. The smallest absolute Gasteiger partial charge is 0.234 e. The van der Waals surface area contributed by atoms with Crippen molar-refractivity contribution in [2.45, 2.75) is 26.3 Å². The number of ether oxygens (including phenoxy) is 1. The lowest BCUT2D eigenvalue weighted by atomic mass is 9.99. The van der Waals surface area contributed by atoms with Crippen LogP contribution in [0.25, 0.3) is 0 Å². The van der Waals surface area contributed by atoms with Crippen LogP contribution in [0.4, 0.5) is 0 Å². The summed E-state index contributed by atoms with van der Waals surface area (Å²) in [7, 11) is 0. The number of carbonyl (C=O) groups is 1. The summed E-state index contributed by atoms with van der Waals surface area (Å²) in [6.45, 7) is 5.74. The average Bonchev–Trinajstić information content (AvgIpc) is 2.67. The van der Waals surface area contributed by atoms with Crippen molar-refractivity contribution in [3.8, 4) is 5.75 Å². The van der Waals surface area contributed by atoms with Crippen LogP contribution >= 0.6 is 0 Å². The molecule has 1 N–H and O–H groups in total. The van der Waals surface area contributed by atoms with Gasteiger partial charge in [-0.05, 0) is 44.0 Å². The fourth-order valence-electron chi connectivity index (χ4n) is 3.33. The number of piperidine rings is 1. The predicted molar refractivity (Wildman–Crippen MR) is 104 cm³/mol. The van der Waals surface area contributed by atoms with Crippen LogP contribution in [0.5, 0.6) is 5.75 Å². The molecule has 0 saturated carbocycles. The van der Waals surface area contributed by atoms with Gasteiger partial charge in [-0.2, -0.15) is 0 Å². The van der Waals surface area contributed by atoms with Gasteiger partial charge in [0.25, 0.3) is 0 Å². The maximum Gasteiger partial charge on any atom is 0.234 e. The molecule has 4 heteroatoms. The first-order valence-electron chi connectivity index (χ1n) is 9.41. The van der Waals surface area contributed by atoms with E-state index in [9.17, 15) is 4.79 Å². The second-order valence-corrected chi connectivity index (χ2v) is 7.13. The highest BCUT2D eigenvalue weighted by Gasteiger charge is 2.22. The van der Waals surface area contributed by atoms with Crippen molar-refractivity contribution in [1.29, 1.82) is 0 Å². The number of carbonyl (C=O) groups excluding carboxylic acids is 1. The average molecular weight is 352 g/mol. The number of nitrogens with zero attached hydrogens (tertiary/aromatic N) is 1. The maximum absolute atomic E-state index is 12.3. The Hall–Kier alpha value is -2.33. The van der Waals surface area contributed by atoms with Crippen molar-refractivity contribution in [3.63, 3.8) is 0 Å². The van der Waals surface area contributed by atoms with E-state index in [1.807, 2.05) is 30.3 Å². The monoisotopic (exact) mass is 352 g/mol. The molecule has 0 bridgehead atoms. The van der Waals surface area contributed by atoms with Crippen LogP contribution in [0.2, 0.25) is 0 Å². The minimum absolute atomic E-state index is 0.0928. The minimum atomic E-state index is 0.0928. The van der Waals surface area contributed by atoms with Gasteiger partial charge in [0.15, 0.2) is 0 Å². The van der Waals surface area contributed by atoms with E-state index in [2.05, 4.69) is 41.4 Å². The molecule has 0 radical (unpaired) electrons. The van der Waals surface area contributed by atoms with E-state index in [-0.39, 0.29) is 5.91 Å². The maximum atomic E-state index is 12.3. The number of rotatable bonds is 7. The molecule has 1 aliphatic heterocycles. The highest BCUT2D eigenvalue weighted by atomic mass is 16.5. The van der Waals surface area contributed by atoms with E-state index in [1.54, 1.807) is 0 Å². The predicted octanol–water partition coefficient (Wildman–Crippen LogP) is 3.40. The fraction of sp³-hybridized carbons (Fsp3) is 0.409. The SMILES string of the molecule is Cc1ccc(CNC(=O)CN2CCCC(COc3ccccc3)C2)cc1. The molecule has 1 amide bonds. The molecule has 0 aliphatic carbocycles. The number of hydrogen-bond donors (Lipinski definition) is 1. The zero-order valence-electron chi connectivity index (χ0n) is 15.5. The second kappa shape index (κ2) is 9.39. The van der Waals surface area contributed by atoms with Gasteiger partial charge in [0.2, 0.25) is 5.91 Å². The molecule has 4 nitrogen and oxygen atoms in total. The highest BCUT2D eigenvalue weighted by Crippen LogP contribution is 2.18. The number of benzene rings is 2. The molecule has 1 unspecified atom stereocenters. The molecule has 0 aromatic heterocycles. The number of amides is 1. The largest absolute Gasteiger partial charge is 0.493 e. The van der Waals surface area contributed by atoms with E-state index in [4.69, 9.17) is 4.74 Å². The van der Waals surface area contributed by atoms with Crippen molar-refractivity contribution in [2.24, 2.45) is 5.92 Å². The lowest BCUT2D eigenvalue weighted by Crippen LogP contribution is -2.43. The summed E-state index contributed by atoms with van der Waals surface area (Å²) in [5.41, 5.74) is 2.37. The van der Waals surface area contributed by atoms with Gasteiger partial charge in [-0.15, -0.1) is 0 Å². The second-order valence-electron chi connectivity index (χ2n) is 7.13. The molecule has 1 saturated heterocycles. The number of para-hydroxylation sites is 1. The molecule has 138 valence electrons. The van der Waals surface area contributed by atoms with Crippen molar-refractivity contribution in [1.82, 2.24) is 10.2 Å². The quantitative estimate of drug-likeness (QED) is 0.830. The number of hydrogen-bond acceptors (Lipinski definition) is 3. The van der Waals surface area contributed by atoms with Crippen molar-refractivity contribution >= 4 is 5.91 Å². The summed E-state index contributed by atoms with van der Waals surface area (Å²) < 4.78 is 5.89. The summed E-state index contributed by atoms with van der Waals surface area (Å²) in [6, 6.07) is 18.2. The third-order valence-electron chi connectivity index (χ3n) is 4.81. The van der Waals surface area contributed by atoms with Gasteiger partial charge in [-0.25, -0.2) is 0 Å². The fourth-order valence-corrected chi connectivity index (χ4v) is 3.33. The van der Waals surface area contributed by atoms with Crippen LogP contribution < -0.4 is 10.1 Å².